The Morgan fingerprint density at radius 3 is 2.40 bits per heavy atom. The normalized spacial score (nSPS) is 27.4. The molecule has 0 unspecified atom stereocenters. The van der Waals surface area contributed by atoms with Crippen molar-refractivity contribution in [2.24, 2.45) is 10.8 Å². The molecule has 2 heterocycles. The highest BCUT2D eigenvalue weighted by Gasteiger charge is 2.39. The van der Waals surface area contributed by atoms with Gasteiger partial charge < -0.3 is 10.2 Å². The van der Waals surface area contributed by atoms with Crippen molar-refractivity contribution in [2.45, 2.75) is 40.0 Å². The van der Waals surface area contributed by atoms with Crippen molar-refractivity contribution < 1.29 is 0 Å². The largest absolute Gasteiger partial charge is 0.317 e. The molecule has 15 heavy (non-hydrogen) atoms. The fraction of sp³-hybridized carbons (Fsp3) is 1.00. The minimum Gasteiger partial charge on any atom is -0.317 e. The van der Waals surface area contributed by atoms with Crippen LogP contribution in [0.25, 0.3) is 0 Å². The van der Waals surface area contributed by atoms with Gasteiger partial charge in [0.1, 0.15) is 0 Å². The van der Waals surface area contributed by atoms with E-state index in [1.807, 2.05) is 0 Å². The Morgan fingerprint density at radius 2 is 1.80 bits per heavy atom. The van der Waals surface area contributed by atoms with Gasteiger partial charge in [-0.1, -0.05) is 20.8 Å². The van der Waals surface area contributed by atoms with Gasteiger partial charge in [-0.3, -0.25) is 0 Å². The third kappa shape index (κ3) is 2.94. The van der Waals surface area contributed by atoms with Crippen molar-refractivity contribution in [3.05, 3.63) is 0 Å². The molecule has 2 fully saturated rings. The summed E-state index contributed by atoms with van der Waals surface area (Å²) in [5, 5.41) is 3.48. The van der Waals surface area contributed by atoms with Crippen molar-refractivity contribution in [2.75, 3.05) is 32.7 Å². The summed E-state index contributed by atoms with van der Waals surface area (Å²) >= 11 is 0. The van der Waals surface area contributed by atoms with Crippen LogP contribution in [0.1, 0.15) is 40.0 Å². The fourth-order valence-electron chi connectivity index (χ4n) is 3.20. The van der Waals surface area contributed by atoms with E-state index in [1.54, 1.807) is 0 Å². The third-order valence-corrected chi connectivity index (χ3v) is 3.88. The first-order valence-corrected chi connectivity index (χ1v) is 6.42. The van der Waals surface area contributed by atoms with E-state index in [2.05, 4.69) is 31.0 Å². The molecule has 0 amide bonds. The number of nitrogens with one attached hydrogen (secondary N) is 1. The van der Waals surface area contributed by atoms with E-state index in [1.165, 1.54) is 52.0 Å². The molecule has 0 aromatic carbocycles. The molecule has 0 atom stereocenters. The highest BCUT2D eigenvalue weighted by molar-refractivity contribution is 4.93. The Balaban J connectivity index is 1.88. The molecule has 2 aliphatic rings. The van der Waals surface area contributed by atoms with Gasteiger partial charge in [0.25, 0.3) is 0 Å². The maximum absolute atomic E-state index is 3.48. The van der Waals surface area contributed by atoms with Gasteiger partial charge in [0, 0.05) is 13.1 Å². The van der Waals surface area contributed by atoms with Gasteiger partial charge in [0.15, 0.2) is 0 Å². The summed E-state index contributed by atoms with van der Waals surface area (Å²) in [5.74, 6) is 0. The maximum atomic E-state index is 3.48. The van der Waals surface area contributed by atoms with Crippen molar-refractivity contribution in [3.8, 4) is 0 Å². The predicted molar refractivity (Wildman–Crippen MR) is 65.0 cm³/mol. The first-order valence-electron chi connectivity index (χ1n) is 6.42. The average Bonchev–Trinajstić information content (AvgIpc) is 2.47. The zero-order valence-corrected chi connectivity index (χ0v) is 10.6. The Labute approximate surface area is 94.4 Å². The summed E-state index contributed by atoms with van der Waals surface area (Å²) in [7, 11) is 0. The monoisotopic (exact) mass is 210 g/mol. The SMILES string of the molecule is CC(C)(C)CN1CCC2(CCNCC2)C1. The van der Waals surface area contributed by atoms with Crippen molar-refractivity contribution in [3.63, 3.8) is 0 Å². The van der Waals surface area contributed by atoms with Crippen LogP contribution in [-0.4, -0.2) is 37.6 Å². The predicted octanol–water partition coefficient (Wildman–Crippen LogP) is 2.11. The number of nitrogens with zero attached hydrogens (tertiary/aromatic N) is 1. The minimum atomic E-state index is 0.457. The number of rotatable bonds is 1. The summed E-state index contributed by atoms with van der Waals surface area (Å²) in [6, 6.07) is 0. The molecular formula is C13H26N2. The second kappa shape index (κ2) is 4.06. The Bertz CT molecular complexity index is 211. The topological polar surface area (TPSA) is 15.3 Å². The highest BCUT2D eigenvalue weighted by Crippen LogP contribution is 2.39. The van der Waals surface area contributed by atoms with Crippen molar-refractivity contribution >= 4 is 0 Å². The first-order chi connectivity index (χ1) is 6.99. The van der Waals surface area contributed by atoms with E-state index in [0.29, 0.717) is 10.8 Å². The number of piperidine rings is 1. The molecular weight excluding hydrogens is 184 g/mol. The molecule has 0 aromatic heterocycles. The van der Waals surface area contributed by atoms with Crippen LogP contribution < -0.4 is 5.32 Å². The average molecular weight is 210 g/mol. The van der Waals surface area contributed by atoms with Gasteiger partial charge in [0.05, 0.1) is 0 Å². The highest BCUT2D eigenvalue weighted by atomic mass is 15.2. The Morgan fingerprint density at radius 1 is 1.13 bits per heavy atom. The molecule has 0 bridgehead atoms. The maximum Gasteiger partial charge on any atom is 0.00396 e. The van der Waals surface area contributed by atoms with E-state index in [4.69, 9.17) is 0 Å². The van der Waals surface area contributed by atoms with Gasteiger partial charge in [0.2, 0.25) is 0 Å². The molecule has 88 valence electrons. The van der Waals surface area contributed by atoms with E-state index in [-0.39, 0.29) is 0 Å². The lowest BCUT2D eigenvalue weighted by Gasteiger charge is -2.35. The molecule has 0 saturated carbocycles. The molecule has 2 rings (SSSR count). The lowest BCUT2D eigenvalue weighted by molar-refractivity contribution is 0.169. The number of hydrogen-bond donors (Lipinski definition) is 1. The summed E-state index contributed by atoms with van der Waals surface area (Å²) in [4.78, 5) is 2.69. The number of hydrogen-bond acceptors (Lipinski definition) is 2. The van der Waals surface area contributed by atoms with Crippen molar-refractivity contribution in [1.82, 2.24) is 10.2 Å². The smallest absolute Gasteiger partial charge is 0.00396 e. The summed E-state index contributed by atoms with van der Waals surface area (Å²) < 4.78 is 0. The minimum absolute atomic E-state index is 0.457. The van der Waals surface area contributed by atoms with Gasteiger partial charge in [-0.05, 0) is 49.7 Å². The Hall–Kier alpha value is -0.0800. The molecule has 1 N–H and O–H groups in total. The lowest BCUT2D eigenvalue weighted by atomic mass is 9.78. The molecule has 2 aliphatic heterocycles. The zero-order chi connectivity index (χ0) is 10.9. The van der Waals surface area contributed by atoms with Crippen LogP contribution in [0, 0.1) is 10.8 Å². The number of likely N-dealkylation sites (tertiary alicyclic amines) is 1. The standard InChI is InChI=1S/C13H26N2/c1-12(2,3)10-15-9-6-13(11-15)4-7-14-8-5-13/h14H,4-11H2,1-3H3. The molecule has 1 spiro atoms. The van der Waals surface area contributed by atoms with E-state index >= 15 is 0 Å². The fourth-order valence-corrected chi connectivity index (χ4v) is 3.20. The van der Waals surface area contributed by atoms with Gasteiger partial charge in [-0.2, -0.15) is 0 Å². The Kier molecular flexibility index (Phi) is 3.09. The molecule has 0 aromatic rings. The van der Waals surface area contributed by atoms with Gasteiger partial charge in [-0.25, -0.2) is 0 Å². The second-order valence-corrected chi connectivity index (χ2v) is 6.77. The third-order valence-electron chi connectivity index (χ3n) is 3.88. The van der Waals surface area contributed by atoms with E-state index in [9.17, 15) is 0 Å². The lowest BCUT2D eigenvalue weighted by Crippen LogP contribution is -2.39. The van der Waals surface area contributed by atoms with E-state index < -0.39 is 0 Å². The zero-order valence-electron chi connectivity index (χ0n) is 10.6. The van der Waals surface area contributed by atoms with Crippen LogP contribution in [0.4, 0.5) is 0 Å². The van der Waals surface area contributed by atoms with Crippen LogP contribution in [-0.2, 0) is 0 Å². The summed E-state index contributed by atoms with van der Waals surface area (Å²) in [6.45, 7) is 13.5. The van der Waals surface area contributed by atoms with E-state index in [0.717, 1.165) is 0 Å². The quantitative estimate of drug-likeness (QED) is 0.713. The van der Waals surface area contributed by atoms with Crippen LogP contribution in [0.5, 0.6) is 0 Å². The van der Waals surface area contributed by atoms with Gasteiger partial charge in [-0.15, -0.1) is 0 Å². The van der Waals surface area contributed by atoms with Gasteiger partial charge >= 0.3 is 0 Å². The molecule has 0 radical (unpaired) electrons. The summed E-state index contributed by atoms with van der Waals surface area (Å²) in [6.07, 6.45) is 4.23. The molecule has 2 nitrogen and oxygen atoms in total. The first kappa shape index (κ1) is 11.4. The molecule has 0 aliphatic carbocycles. The second-order valence-electron chi connectivity index (χ2n) is 6.77. The van der Waals surface area contributed by atoms with Crippen molar-refractivity contribution in [1.29, 1.82) is 0 Å². The van der Waals surface area contributed by atoms with Crippen LogP contribution >= 0.6 is 0 Å². The van der Waals surface area contributed by atoms with Crippen LogP contribution in [0.2, 0.25) is 0 Å². The van der Waals surface area contributed by atoms with Crippen LogP contribution in [0.15, 0.2) is 0 Å². The molecule has 2 heteroatoms. The summed E-state index contributed by atoms with van der Waals surface area (Å²) in [5.41, 5.74) is 1.13. The molecule has 2 saturated heterocycles. The van der Waals surface area contributed by atoms with Crippen LogP contribution in [0.3, 0.4) is 0 Å².